The number of carbonyl (C=O) groups is 1. The van der Waals surface area contributed by atoms with Gasteiger partial charge in [-0.3, -0.25) is 9.78 Å². The summed E-state index contributed by atoms with van der Waals surface area (Å²) in [6.07, 6.45) is 2.45. The van der Waals surface area contributed by atoms with Gasteiger partial charge in [-0.25, -0.2) is 8.42 Å². The SMILES string of the molecule is CCc1ccc(NC(=O)[C@@H](NS(=O)(=O)c2cccc3cccnc23)C(C)C)cc1. The second-order valence-corrected chi connectivity index (χ2v) is 8.90. The van der Waals surface area contributed by atoms with Gasteiger partial charge >= 0.3 is 0 Å². The van der Waals surface area contributed by atoms with Gasteiger partial charge in [0, 0.05) is 17.3 Å². The zero-order chi connectivity index (χ0) is 21.0. The number of hydrogen-bond donors (Lipinski definition) is 2. The number of para-hydroxylation sites is 1. The van der Waals surface area contributed by atoms with E-state index in [9.17, 15) is 13.2 Å². The molecule has 0 unspecified atom stereocenters. The Kier molecular flexibility index (Phi) is 6.30. The van der Waals surface area contributed by atoms with E-state index < -0.39 is 22.0 Å². The first kappa shape index (κ1) is 21.0. The summed E-state index contributed by atoms with van der Waals surface area (Å²) in [4.78, 5) is 17.1. The third-order valence-corrected chi connectivity index (χ3v) is 6.22. The van der Waals surface area contributed by atoms with Crippen LogP contribution in [0.2, 0.25) is 0 Å². The number of amides is 1. The number of benzene rings is 2. The van der Waals surface area contributed by atoms with E-state index in [1.165, 1.54) is 6.07 Å². The first-order chi connectivity index (χ1) is 13.8. The van der Waals surface area contributed by atoms with Crippen LogP contribution in [0, 0.1) is 5.92 Å². The molecule has 0 aliphatic carbocycles. The summed E-state index contributed by atoms with van der Waals surface area (Å²) in [5, 5.41) is 3.52. The number of anilines is 1. The molecule has 152 valence electrons. The van der Waals surface area contributed by atoms with Gasteiger partial charge in [0.25, 0.3) is 0 Å². The fraction of sp³-hybridized carbons (Fsp3) is 0.273. The Morgan fingerprint density at radius 3 is 2.38 bits per heavy atom. The van der Waals surface area contributed by atoms with Crippen LogP contribution in [0.15, 0.2) is 65.7 Å². The number of nitrogens with one attached hydrogen (secondary N) is 2. The average molecular weight is 412 g/mol. The molecule has 2 aromatic carbocycles. The molecule has 6 nitrogen and oxygen atoms in total. The Hall–Kier alpha value is -2.77. The van der Waals surface area contributed by atoms with Gasteiger partial charge in [0.15, 0.2) is 0 Å². The number of sulfonamides is 1. The fourth-order valence-electron chi connectivity index (χ4n) is 3.06. The lowest BCUT2D eigenvalue weighted by Crippen LogP contribution is -2.47. The van der Waals surface area contributed by atoms with Crippen LogP contribution in [-0.2, 0) is 21.2 Å². The third-order valence-electron chi connectivity index (χ3n) is 4.75. The molecular formula is C22H25N3O3S. The van der Waals surface area contributed by atoms with Crippen molar-refractivity contribution in [3.8, 4) is 0 Å². The number of aryl methyl sites for hydroxylation is 1. The molecule has 0 bridgehead atoms. The molecular weight excluding hydrogens is 386 g/mol. The largest absolute Gasteiger partial charge is 0.325 e. The maximum atomic E-state index is 13.1. The van der Waals surface area contributed by atoms with Crippen molar-refractivity contribution < 1.29 is 13.2 Å². The second-order valence-electron chi connectivity index (χ2n) is 7.21. The fourth-order valence-corrected chi connectivity index (χ4v) is 4.58. The quantitative estimate of drug-likeness (QED) is 0.620. The highest BCUT2D eigenvalue weighted by Gasteiger charge is 2.29. The predicted octanol–water partition coefficient (Wildman–Crippen LogP) is 3.74. The lowest BCUT2D eigenvalue weighted by atomic mass is 10.0. The highest BCUT2D eigenvalue weighted by molar-refractivity contribution is 7.89. The van der Waals surface area contributed by atoms with Crippen molar-refractivity contribution >= 4 is 32.5 Å². The molecule has 0 aliphatic heterocycles. The summed E-state index contributed by atoms with van der Waals surface area (Å²) in [5.74, 6) is -0.649. The van der Waals surface area contributed by atoms with E-state index in [4.69, 9.17) is 0 Å². The molecule has 2 N–H and O–H groups in total. The van der Waals surface area contributed by atoms with Crippen molar-refractivity contribution in [1.82, 2.24) is 9.71 Å². The van der Waals surface area contributed by atoms with E-state index in [0.29, 0.717) is 11.2 Å². The number of aromatic nitrogens is 1. The molecule has 1 heterocycles. The summed E-state index contributed by atoms with van der Waals surface area (Å²) in [5.41, 5.74) is 2.16. The van der Waals surface area contributed by atoms with Crippen LogP contribution < -0.4 is 10.0 Å². The predicted molar refractivity (Wildman–Crippen MR) is 115 cm³/mol. The Labute approximate surface area is 171 Å². The maximum Gasteiger partial charge on any atom is 0.243 e. The molecule has 0 aliphatic rings. The minimum atomic E-state index is -3.95. The van der Waals surface area contributed by atoms with Crippen LogP contribution in [0.4, 0.5) is 5.69 Å². The molecule has 0 spiro atoms. The van der Waals surface area contributed by atoms with E-state index in [1.54, 1.807) is 44.3 Å². The van der Waals surface area contributed by atoms with Crippen LogP contribution in [0.25, 0.3) is 10.9 Å². The number of carbonyl (C=O) groups excluding carboxylic acids is 1. The first-order valence-electron chi connectivity index (χ1n) is 9.57. The van der Waals surface area contributed by atoms with Gasteiger partial charge in [-0.15, -0.1) is 0 Å². The number of fused-ring (bicyclic) bond motifs is 1. The van der Waals surface area contributed by atoms with Crippen molar-refractivity contribution in [2.45, 2.75) is 38.1 Å². The lowest BCUT2D eigenvalue weighted by molar-refractivity contribution is -0.118. The highest BCUT2D eigenvalue weighted by atomic mass is 32.2. The molecule has 0 radical (unpaired) electrons. The zero-order valence-electron chi connectivity index (χ0n) is 16.7. The molecule has 3 rings (SSSR count). The van der Waals surface area contributed by atoms with Gasteiger partial charge in [0.05, 0.1) is 5.52 Å². The second kappa shape index (κ2) is 8.71. The topological polar surface area (TPSA) is 88.2 Å². The van der Waals surface area contributed by atoms with Gasteiger partial charge < -0.3 is 5.32 Å². The Bertz CT molecular complexity index is 1100. The summed E-state index contributed by atoms with van der Waals surface area (Å²) < 4.78 is 28.7. The molecule has 1 aromatic heterocycles. The molecule has 1 atom stereocenters. The minimum absolute atomic E-state index is 0.0568. The Balaban J connectivity index is 1.86. The first-order valence-corrected chi connectivity index (χ1v) is 11.1. The Morgan fingerprint density at radius 1 is 1.03 bits per heavy atom. The van der Waals surface area contributed by atoms with E-state index in [2.05, 4.69) is 21.9 Å². The molecule has 0 fully saturated rings. The van der Waals surface area contributed by atoms with Crippen LogP contribution >= 0.6 is 0 Å². The van der Waals surface area contributed by atoms with Crippen molar-refractivity contribution in [2.24, 2.45) is 5.92 Å². The number of rotatable bonds is 7. The van der Waals surface area contributed by atoms with Gasteiger partial charge in [-0.05, 0) is 42.2 Å². The molecule has 29 heavy (non-hydrogen) atoms. The van der Waals surface area contributed by atoms with E-state index >= 15 is 0 Å². The number of pyridine rings is 1. The summed E-state index contributed by atoms with van der Waals surface area (Å²) in [6, 6.07) is 15.1. The van der Waals surface area contributed by atoms with Gasteiger partial charge in [0.2, 0.25) is 15.9 Å². The minimum Gasteiger partial charge on any atom is -0.325 e. The van der Waals surface area contributed by atoms with Crippen molar-refractivity contribution in [2.75, 3.05) is 5.32 Å². The summed E-state index contributed by atoms with van der Waals surface area (Å²) in [7, 11) is -3.95. The van der Waals surface area contributed by atoms with Crippen LogP contribution in [0.3, 0.4) is 0 Å². The highest BCUT2D eigenvalue weighted by Crippen LogP contribution is 2.22. The molecule has 1 amide bonds. The average Bonchev–Trinajstić information content (AvgIpc) is 2.72. The van der Waals surface area contributed by atoms with E-state index in [0.717, 1.165) is 17.4 Å². The number of hydrogen-bond acceptors (Lipinski definition) is 4. The molecule has 0 saturated heterocycles. The number of nitrogens with zero attached hydrogens (tertiary/aromatic N) is 1. The van der Waals surface area contributed by atoms with Crippen LogP contribution in [0.5, 0.6) is 0 Å². The van der Waals surface area contributed by atoms with Crippen LogP contribution in [-0.4, -0.2) is 25.4 Å². The van der Waals surface area contributed by atoms with Crippen molar-refractivity contribution in [1.29, 1.82) is 0 Å². The smallest absolute Gasteiger partial charge is 0.243 e. The van der Waals surface area contributed by atoms with Crippen LogP contribution in [0.1, 0.15) is 26.3 Å². The van der Waals surface area contributed by atoms with Gasteiger partial charge in [-0.2, -0.15) is 4.72 Å². The van der Waals surface area contributed by atoms with Gasteiger partial charge in [0.1, 0.15) is 10.9 Å². The molecule has 7 heteroatoms. The normalized spacial score (nSPS) is 12.8. The Morgan fingerprint density at radius 2 is 1.72 bits per heavy atom. The maximum absolute atomic E-state index is 13.1. The third kappa shape index (κ3) is 4.81. The van der Waals surface area contributed by atoms with Gasteiger partial charge in [-0.1, -0.05) is 51.1 Å². The standard InChI is InChI=1S/C22H25N3O3S/c1-4-16-10-12-18(13-11-16)24-22(26)20(15(2)3)25-29(27,28)19-9-5-7-17-8-6-14-23-21(17)19/h5-15,20,25H,4H2,1-3H3,(H,24,26)/t20-/m0/s1. The molecule has 0 saturated carbocycles. The summed E-state index contributed by atoms with van der Waals surface area (Å²) >= 11 is 0. The monoisotopic (exact) mass is 411 g/mol. The summed E-state index contributed by atoms with van der Waals surface area (Å²) in [6.45, 7) is 5.65. The van der Waals surface area contributed by atoms with Crippen molar-refractivity contribution in [3.05, 3.63) is 66.4 Å². The zero-order valence-corrected chi connectivity index (χ0v) is 17.5. The molecule has 3 aromatic rings. The van der Waals surface area contributed by atoms with E-state index in [-0.39, 0.29) is 10.8 Å². The van der Waals surface area contributed by atoms with Crippen molar-refractivity contribution in [3.63, 3.8) is 0 Å². The lowest BCUT2D eigenvalue weighted by Gasteiger charge is -2.22. The van der Waals surface area contributed by atoms with E-state index in [1.807, 2.05) is 24.3 Å².